The summed E-state index contributed by atoms with van der Waals surface area (Å²) in [6.45, 7) is 1.73. The molecule has 0 amide bonds. The van der Waals surface area contributed by atoms with Crippen LogP contribution in [0.3, 0.4) is 0 Å². The van der Waals surface area contributed by atoms with Gasteiger partial charge in [-0.15, -0.1) is 0 Å². The topological polar surface area (TPSA) is 52.6 Å². The number of methoxy groups -OCH3 is 2. The molecular weight excluding hydrogens is 268 g/mol. The molecule has 2 aromatic rings. The van der Waals surface area contributed by atoms with E-state index in [0.717, 1.165) is 16.5 Å². The second kappa shape index (κ2) is 6.39. The summed E-state index contributed by atoms with van der Waals surface area (Å²) in [5.74, 6) is -0.0479. The molecule has 0 N–H and O–H groups in total. The van der Waals surface area contributed by atoms with E-state index in [0.29, 0.717) is 5.56 Å². The number of hydrogen-bond donors (Lipinski definition) is 0. The summed E-state index contributed by atoms with van der Waals surface area (Å²) in [6.07, 6.45) is 0.0932. The Balaban J connectivity index is 2.26. The molecule has 0 heterocycles. The molecule has 4 nitrogen and oxygen atoms in total. The third-order valence-electron chi connectivity index (χ3n) is 3.48. The number of carbonyl (C=O) groups excluding carboxylic acids is 2. The molecule has 0 fully saturated rings. The summed E-state index contributed by atoms with van der Waals surface area (Å²) in [5, 5.41) is 1.97. The van der Waals surface area contributed by atoms with Crippen molar-refractivity contribution in [2.24, 2.45) is 5.92 Å². The second-order valence-electron chi connectivity index (χ2n) is 4.97. The van der Waals surface area contributed by atoms with Crippen LogP contribution in [0.1, 0.15) is 23.7 Å². The highest BCUT2D eigenvalue weighted by Crippen LogP contribution is 2.23. The third kappa shape index (κ3) is 3.40. The van der Waals surface area contributed by atoms with Gasteiger partial charge in [-0.1, -0.05) is 25.1 Å². The minimum atomic E-state index is -0.395. The Kier molecular flexibility index (Phi) is 4.58. The van der Waals surface area contributed by atoms with Gasteiger partial charge < -0.3 is 9.47 Å². The van der Waals surface area contributed by atoms with E-state index in [1.807, 2.05) is 30.3 Å². The van der Waals surface area contributed by atoms with E-state index in [2.05, 4.69) is 4.74 Å². The fraction of sp³-hybridized carbons (Fsp3) is 0.294. The zero-order valence-electron chi connectivity index (χ0n) is 12.4. The summed E-state index contributed by atoms with van der Waals surface area (Å²) in [5.41, 5.74) is 0.601. The van der Waals surface area contributed by atoms with Crippen LogP contribution in [0.25, 0.3) is 10.8 Å². The zero-order valence-corrected chi connectivity index (χ0v) is 12.4. The van der Waals surface area contributed by atoms with Crippen molar-refractivity contribution in [3.63, 3.8) is 0 Å². The lowest BCUT2D eigenvalue weighted by Crippen LogP contribution is -2.16. The summed E-state index contributed by atoms with van der Waals surface area (Å²) < 4.78 is 9.77. The number of ketones is 1. The molecule has 0 aliphatic heterocycles. The van der Waals surface area contributed by atoms with Crippen LogP contribution in [0.15, 0.2) is 36.4 Å². The highest BCUT2D eigenvalue weighted by Gasteiger charge is 2.19. The normalized spacial score (nSPS) is 12.0. The molecule has 0 aromatic heterocycles. The summed E-state index contributed by atoms with van der Waals surface area (Å²) in [4.78, 5) is 23.6. The van der Waals surface area contributed by atoms with Crippen LogP contribution in [0.2, 0.25) is 0 Å². The summed E-state index contributed by atoms with van der Waals surface area (Å²) in [6, 6.07) is 11.2. The van der Waals surface area contributed by atoms with Crippen molar-refractivity contribution in [1.29, 1.82) is 0 Å². The molecule has 0 saturated heterocycles. The lowest BCUT2D eigenvalue weighted by molar-refractivity contribution is -0.141. The second-order valence-corrected chi connectivity index (χ2v) is 4.97. The molecule has 0 radical (unpaired) electrons. The molecule has 1 unspecified atom stereocenters. The maximum atomic E-state index is 12.3. The van der Waals surface area contributed by atoms with Crippen molar-refractivity contribution < 1.29 is 19.1 Å². The zero-order chi connectivity index (χ0) is 15.4. The molecule has 0 aliphatic rings. The number of fused-ring (bicyclic) bond motifs is 1. The van der Waals surface area contributed by atoms with E-state index in [9.17, 15) is 9.59 Å². The Morgan fingerprint density at radius 2 is 1.71 bits per heavy atom. The Labute approximate surface area is 123 Å². The van der Waals surface area contributed by atoms with Gasteiger partial charge in [0.2, 0.25) is 0 Å². The Bertz CT molecular complexity index is 676. The number of rotatable bonds is 5. The Morgan fingerprint density at radius 1 is 1.05 bits per heavy atom. The standard InChI is InChI=1S/C17H18O4/c1-11(8-16(18)21-3)17(19)14-5-4-13-10-15(20-2)7-6-12(13)9-14/h4-7,9-11H,8H2,1-3H3. The molecular formula is C17H18O4. The van der Waals surface area contributed by atoms with Gasteiger partial charge in [-0.3, -0.25) is 9.59 Å². The molecule has 0 spiro atoms. The lowest BCUT2D eigenvalue weighted by atomic mass is 9.95. The summed E-state index contributed by atoms with van der Waals surface area (Å²) >= 11 is 0. The van der Waals surface area contributed by atoms with Crippen molar-refractivity contribution in [3.8, 4) is 5.75 Å². The monoisotopic (exact) mass is 286 g/mol. The maximum Gasteiger partial charge on any atom is 0.306 e. The number of carbonyl (C=O) groups is 2. The minimum Gasteiger partial charge on any atom is -0.497 e. The lowest BCUT2D eigenvalue weighted by Gasteiger charge is -2.10. The van der Waals surface area contributed by atoms with E-state index in [-0.39, 0.29) is 18.2 Å². The first-order chi connectivity index (χ1) is 10.0. The van der Waals surface area contributed by atoms with Crippen LogP contribution in [0, 0.1) is 5.92 Å². The van der Waals surface area contributed by atoms with Gasteiger partial charge in [-0.25, -0.2) is 0 Å². The van der Waals surface area contributed by atoms with Crippen LogP contribution in [-0.2, 0) is 9.53 Å². The first-order valence-corrected chi connectivity index (χ1v) is 6.74. The minimum absolute atomic E-state index is 0.0573. The first-order valence-electron chi connectivity index (χ1n) is 6.74. The molecule has 0 aliphatic carbocycles. The number of ether oxygens (including phenoxy) is 2. The van der Waals surface area contributed by atoms with E-state index in [1.54, 1.807) is 20.1 Å². The van der Waals surface area contributed by atoms with Gasteiger partial charge in [0.15, 0.2) is 5.78 Å². The van der Waals surface area contributed by atoms with Gasteiger partial charge in [0.25, 0.3) is 0 Å². The van der Waals surface area contributed by atoms with Crippen LogP contribution in [0.5, 0.6) is 5.75 Å². The number of Topliss-reactive ketones (excluding diaryl/α,β-unsaturated/α-hetero) is 1. The van der Waals surface area contributed by atoms with E-state index in [4.69, 9.17) is 4.74 Å². The predicted octanol–water partition coefficient (Wildman–Crippen LogP) is 3.23. The van der Waals surface area contributed by atoms with E-state index in [1.165, 1.54) is 7.11 Å². The molecule has 21 heavy (non-hydrogen) atoms. The van der Waals surface area contributed by atoms with Gasteiger partial charge in [0.1, 0.15) is 5.75 Å². The highest BCUT2D eigenvalue weighted by atomic mass is 16.5. The van der Waals surface area contributed by atoms with Crippen LogP contribution in [-0.4, -0.2) is 26.0 Å². The number of hydrogen-bond acceptors (Lipinski definition) is 4. The highest BCUT2D eigenvalue weighted by molar-refractivity contribution is 6.02. The molecule has 1 atom stereocenters. The van der Waals surface area contributed by atoms with Gasteiger partial charge in [-0.05, 0) is 29.0 Å². The molecule has 0 saturated carbocycles. The molecule has 110 valence electrons. The van der Waals surface area contributed by atoms with Gasteiger partial charge in [-0.2, -0.15) is 0 Å². The van der Waals surface area contributed by atoms with Gasteiger partial charge in [0.05, 0.1) is 20.6 Å². The van der Waals surface area contributed by atoms with Crippen LogP contribution >= 0.6 is 0 Å². The Morgan fingerprint density at radius 3 is 2.38 bits per heavy atom. The first kappa shape index (κ1) is 15.0. The fourth-order valence-electron chi connectivity index (χ4n) is 2.21. The van der Waals surface area contributed by atoms with E-state index >= 15 is 0 Å². The van der Waals surface area contributed by atoms with Crippen LogP contribution < -0.4 is 4.74 Å². The Hall–Kier alpha value is -2.36. The summed E-state index contributed by atoms with van der Waals surface area (Å²) in [7, 11) is 2.94. The van der Waals surface area contributed by atoms with E-state index < -0.39 is 5.92 Å². The molecule has 2 aromatic carbocycles. The molecule has 0 bridgehead atoms. The quantitative estimate of drug-likeness (QED) is 0.625. The average molecular weight is 286 g/mol. The fourth-order valence-corrected chi connectivity index (χ4v) is 2.21. The number of benzene rings is 2. The average Bonchev–Trinajstić information content (AvgIpc) is 2.52. The van der Waals surface area contributed by atoms with Gasteiger partial charge in [0, 0.05) is 11.5 Å². The van der Waals surface area contributed by atoms with Gasteiger partial charge >= 0.3 is 5.97 Å². The molecule has 2 rings (SSSR count). The number of esters is 1. The largest absolute Gasteiger partial charge is 0.497 e. The van der Waals surface area contributed by atoms with Crippen molar-refractivity contribution in [2.45, 2.75) is 13.3 Å². The molecule has 4 heteroatoms. The van der Waals surface area contributed by atoms with Crippen LogP contribution in [0.4, 0.5) is 0 Å². The predicted molar refractivity (Wildman–Crippen MR) is 80.6 cm³/mol. The SMILES string of the molecule is COC(=O)CC(C)C(=O)c1ccc2cc(OC)ccc2c1. The van der Waals surface area contributed by atoms with Crippen molar-refractivity contribution in [1.82, 2.24) is 0 Å². The third-order valence-corrected chi connectivity index (χ3v) is 3.48. The smallest absolute Gasteiger partial charge is 0.306 e. The van der Waals surface area contributed by atoms with Crippen molar-refractivity contribution in [2.75, 3.05) is 14.2 Å². The van der Waals surface area contributed by atoms with Crippen molar-refractivity contribution in [3.05, 3.63) is 42.0 Å². The maximum absolute atomic E-state index is 12.3. The van der Waals surface area contributed by atoms with Crippen molar-refractivity contribution >= 4 is 22.5 Å².